The molecule has 0 aromatic heterocycles. The number of rotatable bonds is 9. The maximum Gasteiger partial charge on any atom is 0.255 e. The van der Waals surface area contributed by atoms with Crippen LogP contribution in [0.2, 0.25) is 0 Å². The SMILES string of the molecule is Cc1ccc(N(Cc2ccc(C(=O)Nc3ccccc3C(=O)NCc3ccccc3)cc2)S(C)(=O)=O)cc1C. The first-order valence-electron chi connectivity index (χ1n) is 12.5. The number of anilines is 2. The standard InChI is InChI=1S/C31H31N3O4S/c1-22-13-18-27(19-23(22)2)34(39(3,37)38)21-25-14-16-26(17-15-25)30(35)33-29-12-8-7-11-28(29)31(36)32-20-24-9-5-4-6-10-24/h4-19H,20-21H2,1-3H3,(H,32,36)(H,33,35). The summed E-state index contributed by atoms with van der Waals surface area (Å²) in [5.74, 6) is -0.670. The van der Waals surface area contributed by atoms with Gasteiger partial charge in [0.25, 0.3) is 11.8 Å². The summed E-state index contributed by atoms with van der Waals surface area (Å²) in [6.07, 6.45) is 1.18. The Hall–Kier alpha value is -4.43. The molecule has 0 aliphatic carbocycles. The number of carbonyl (C=O) groups is 2. The van der Waals surface area contributed by atoms with Crippen LogP contribution in [0.4, 0.5) is 11.4 Å². The molecule has 0 saturated carbocycles. The van der Waals surface area contributed by atoms with Gasteiger partial charge < -0.3 is 10.6 Å². The second kappa shape index (κ2) is 12.0. The molecule has 2 N–H and O–H groups in total. The molecule has 0 atom stereocenters. The van der Waals surface area contributed by atoms with Crippen molar-refractivity contribution in [1.82, 2.24) is 5.32 Å². The Morgan fingerprint density at radius 1 is 0.744 bits per heavy atom. The normalized spacial score (nSPS) is 11.1. The monoisotopic (exact) mass is 541 g/mol. The van der Waals surface area contributed by atoms with Gasteiger partial charge in [-0.3, -0.25) is 13.9 Å². The second-order valence-corrected chi connectivity index (χ2v) is 11.3. The molecule has 0 aliphatic rings. The average molecular weight is 542 g/mol. The van der Waals surface area contributed by atoms with Gasteiger partial charge in [0.05, 0.1) is 29.7 Å². The van der Waals surface area contributed by atoms with Crippen LogP contribution in [-0.4, -0.2) is 26.5 Å². The molecule has 0 aliphatic heterocycles. The largest absolute Gasteiger partial charge is 0.348 e. The quantitative estimate of drug-likeness (QED) is 0.295. The predicted octanol–water partition coefficient (Wildman–Crippen LogP) is 5.45. The fourth-order valence-electron chi connectivity index (χ4n) is 4.07. The van der Waals surface area contributed by atoms with Crippen LogP contribution in [-0.2, 0) is 23.1 Å². The van der Waals surface area contributed by atoms with E-state index in [9.17, 15) is 18.0 Å². The van der Waals surface area contributed by atoms with E-state index in [0.29, 0.717) is 29.0 Å². The van der Waals surface area contributed by atoms with Gasteiger partial charge in [-0.1, -0.05) is 60.7 Å². The number of amides is 2. The molecular weight excluding hydrogens is 510 g/mol. The van der Waals surface area contributed by atoms with E-state index in [2.05, 4.69) is 10.6 Å². The summed E-state index contributed by atoms with van der Waals surface area (Å²) in [6.45, 7) is 4.42. The first-order valence-corrected chi connectivity index (χ1v) is 14.3. The van der Waals surface area contributed by atoms with Gasteiger partial charge in [0.1, 0.15) is 0 Å². The predicted molar refractivity (Wildman–Crippen MR) is 155 cm³/mol. The van der Waals surface area contributed by atoms with E-state index in [4.69, 9.17) is 0 Å². The fraction of sp³-hybridized carbons (Fsp3) is 0.161. The molecule has 0 fully saturated rings. The zero-order valence-electron chi connectivity index (χ0n) is 22.1. The van der Waals surface area contributed by atoms with Gasteiger partial charge in [0.2, 0.25) is 10.0 Å². The molecule has 2 amide bonds. The Bertz CT molecular complexity index is 1580. The van der Waals surface area contributed by atoms with Crippen LogP contribution in [0.15, 0.2) is 97.1 Å². The zero-order valence-corrected chi connectivity index (χ0v) is 23.0. The van der Waals surface area contributed by atoms with E-state index in [0.717, 1.165) is 22.3 Å². The maximum absolute atomic E-state index is 13.0. The van der Waals surface area contributed by atoms with Crippen LogP contribution in [0.3, 0.4) is 0 Å². The van der Waals surface area contributed by atoms with Crippen LogP contribution < -0.4 is 14.9 Å². The zero-order chi connectivity index (χ0) is 28.0. The minimum atomic E-state index is -3.53. The number of para-hydroxylation sites is 1. The van der Waals surface area contributed by atoms with E-state index in [1.165, 1.54) is 10.6 Å². The second-order valence-electron chi connectivity index (χ2n) is 9.40. The molecule has 4 rings (SSSR count). The Kier molecular flexibility index (Phi) is 8.46. The molecule has 8 heteroatoms. The molecule has 0 bridgehead atoms. The van der Waals surface area contributed by atoms with E-state index < -0.39 is 10.0 Å². The highest BCUT2D eigenvalue weighted by atomic mass is 32.2. The summed E-state index contributed by atoms with van der Waals surface area (Å²) in [4.78, 5) is 25.8. The fourth-order valence-corrected chi connectivity index (χ4v) is 4.95. The number of carbonyl (C=O) groups excluding carboxylic acids is 2. The van der Waals surface area contributed by atoms with Crippen LogP contribution in [0.5, 0.6) is 0 Å². The first kappa shape index (κ1) is 27.6. The van der Waals surface area contributed by atoms with Crippen molar-refractivity contribution >= 4 is 33.2 Å². The van der Waals surface area contributed by atoms with Crippen molar-refractivity contribution in [2.24, 2.45) is 0 Å². The minimum absolute atomic E-state index is 0.133. The summed E-state index contributed by atoms with van der Waals surface area (Å²) >= 11 is 0. The molecule has 39 heavy (non-hydrogen) atoms. The molecule has 0 radical (unpaired) electrons. The number of hydrogen-bond donors (Lipinski definition) is 2. The van der Waals surface area contributed by atoms with E-state index in [1.807, 2.05) is 56.3 Å². The van der Waals surface area contributed by atoms with Crippen molar-refractivity contribution in [3.8, 4) is 0 Å². The Balaban J connectivity index is 1.46. The number of aryl methyl sites for hydroxylation is 2. The van der Waals surface area contributed by atoms with Gasteiger partial charge in [0.15, 0.2) is 0 Å². The molecule has 0 saturated heterocycles. The van der Waals surface area contributed by atoms with Crippen molar-refractivity contribution in [2.75, 3.05) is 15.9 Å². The molecule has 0 spiro atoms. The summed E-state index contributed by atoms with van der Waals surface area (Å²) in [7, 11) is -3.53. The van der Waals surface area contributed by atoms with Crippen molar-refractivity contribution in [2.45, 2.75) is 26.9 Å². The topological polar surface area (TPSA) is 95.6 Å². The molecule has 0 heterocycles. The van der Waals surface area contributed by atoms with Crippen LogP contribution in [0.1, 0.15) is 43.0 Å². The first-order chi connectivity index (χ1) is 18.6. The van der Waals surface area contributed by atoms with Crippen molar-refractivity contribution in [3.63, 3.8) is 0 Å². The molecule has 200 valence electrons. The molecular formula is C31H31N3O4S. The van der Waals surface area contributed by atoms with Gasteiger partial charge in [-0.2, -0.15) is 0 Å². The third-order valence-electron chi connectivity index (χ3n) is 6.44. The number of benzene rings is 4. The average Bonchev–Trinajstić information content (AvgIpc) is 2.92. The van der Waals surface area contributed by atoms with E-state index in [-0.39, 0.29) is 18.4 Å². The smallest absolute Gasteiger partial charge is 0.255 e. The summed E-state index contributed by atoms with van der Waals surface area (Å²) in [5.41, 5.74) is 5.51. The van der Waals surface area contributed by atoms with Crippen LogP contribution >= 0.6 is 0 Å². The Morgan fingerprint density at radius 3 is 2.08 bits per heavy atom. The van der Waals surface area contributed by atoms with Gasteiger partial charge in [-0.25, -0.2) is 8.42 Å². The lowest BCUT2D eigenvalue weighted by molar-refractivity contribution is 0.0951. The summed E-state index contributed by atoms with van der Waals surface area (Å²) in [5, 5.41) is 5.70. The van der Waals surface area contributed by atoms with Gasteiger partial charge in [0, 0.05) is 12.1 Å². The number of nitrogens with zero attached hydrogens (tertiary/aromatic N) is 1. The highest BCUT2D eigenvalue weighted by molar-refractivity contribution is 7.92. The number of hydrogen-bond acceptors (Lipinski definition) is 4. The summed E-state index contributed by atoms with van der Waals surface area (Å²) in [6, 6.07) is 28.7. The summed E-state index contributed by atoms with van der Waals surface area (Å²) < 4.78 is 26.5. The van der Waals surface area contributed by atoms with Gasteiger partial charge >= 0.3 is 0 Å². The lowest BCUT2D eigenvalue weighted by Gasteiger charge is -2.23. The Labute approximate surface area is 229 Å². The molecule has 0 unspecified atom stereocenters. The third-order valence-corrected chi connectivity index (χ3v) is 7.58. The third kappa shape index (κ3) is 7.12. The van der Waals surface area contributed by atoms with E-state index >= 15 is 0 Å². The minimum Gasteiger partial charge on any atom is -0.348 e. The molecule has 4 aromatic carbocycles. The molecule has 4 aromatic rings. The van der Waals surface area contributed by atoms with Crippen LogP contribution in [0, 0.1) is 13.8 Å². The lowest BCUT2D eigenvalue weighted by atomic mass is 10.1. The number of nitrogens with one attached hydrogen (secondary N) is 2. The lowest BCUT2D eigenvalue weighted by Crippen LogP contribution is -2.29. The highest BCUT2D eigenvalue weighted by Gasteiger charge is 2.19. The van der Waals surface area contributed by atoms with Gasteiger partial charge in [-0.05, 0) is 72.5 Å². The van der Waals surface area contributed by atoms with Crippen molar-refractivity contribution < 1.29 is 18.0 Å². The Morgan fingerprint density at radius 2 is 1.41 bits per heavy atom. The highest BCUT2D eigenvalue weighted by Crippen LogP contribution is 2.24. The van der Waals surface area contributed by atoms with Crippen LogP contribution in [0.25, 0.3) is 0 Å². The number of sulfonamides is 1. The van der Waals surface area contributed by atoms with Crippen molar-refractivity contribution in [1.29, 1.82) is 0 Å². The van der Waals surface area contributed by atoms with E-state index in [1.54, 1.807) is 54.6 Å². The van der Waals surface area contributed by atoms with Crippen molar-refractivity contribution in [3.05, 3.63) is 130 Å². The maximum atomic E-state index is 13.0. The molecule has 7 nitrogen and oxygen atoms in total. The van der Waals surface area contributed by atoms with Gasteiger partial charge in [-0.15, -0.1) is 0 Å².